The Morgan fingerprint density at radius 2 is 2.05 bits per heavy atom. The molecule has 1 heterocycles. The lowest BCUT2D eigenvalue weighted by Gasteiger charge is -2.35. The van der Waals surface area contributed by atoms with Gasteiger partial charge >= 0.3 is 0 Å². The Morgan fingerprint density at radius 1 is 1.30 bits per heavy atom. The average Bonchev–Trinajstić information content (AvgIpc) is 3.11. The van der Waals surface area contributed by atoms with Gasteiger partial charge in [-0.05, 0) is 31.5 Å². The number of nitrogens with one attached hydrogen (secondary N) is 1. The van der Waals surface area contributed by atoms with Crippen LogP contribution in [-0.2, 0) is 4.74 Å². The number of rotatable bonds is 5. The first-order valence-corrected chi connectivity index (χ1v) is 7.56. The van der Waals surface area contributed by atoms with Crippen LogP contribution < -0.4 is 5.32 Å². The summed E-state index contributed by atoms with van der Waals surface area (Å²) >= 11 is 0. The Hall–Kier alpha value is -1.32. The molecule has 0 radical (unpaired) electrons. The van der Waals surface area contributed by atoms with Crippen molar-refractivity contribution in [2.24, 2.45) is 0 Å². The lowest BCUT2D eigenvalue weighted by molar-refractivity contribution is -0.0413. The van der Waals surface area contributed by atoms with Gasteiger partial charge in [0, 0.05) is 12.5 Å². The molecule has 1 atom stereocenters. The number of hydrogen-bond donors (Lipinski definition) is 1. The van der Waals surface area contributed by atoms with Crippen LogP contribution in [0.15, 0.2) is 34.7 Å². The molecule has 0 aliphatic heterocycles. The summed E-state index contributed by atoms with van der Waals surface area (Å²) in [6.45, 7) is 3.04. The quantitative estimate of drug-likeness (QED) is 0.892. The minimum atomic E-state index is -0.121. The molecule has 0 bridgehead atoms. The van der Waals surface area contributed by atoms with Crippen molar-refractivity contribution in [1.82, 2.24) is 5.32 Å². The van der Waals surface area contributed by atoms with Gasteiger partial charge < -0.3 is 14.5 Å². The molecule has 0 amide bonds. The number of hydrogen-bond acceptors (Lipinski definition) is 3. The van der Waals surface area contributed by atoms with Crippen LogP contribution in [0.5, 0.6) is 0 Å². The fraction of sp³-hybridized carbons (Fsp3) is 0.529. The fourth-order valence-electron chi connectivity index (χ4n) is 3.48. The third-order valence-corrected chi connectivity index (χ3v) is 4.52. The number of para-hydroxylation sites is 1. The molecule has 1 fully saturated rings. The summed E-state index contributed by atoms with van der Waals surface area (Å²) in [6, 6.07) is 10.5. The molecule has 3 heteroatoms. The summed E-state index contributed by atoms with van der Waals surface area (Å²) in [6.07, 6.45) is 4.66. The molecule has 3 rings (SSSR count). The first-order chi connectivity index (χ1) is 9.79. The molecular formula is C17H23NO2. The van der Waals surface area contributed by atoms with E-state index in [1.165, 1.54) is 12.8 Å². The van der Waals surface area contributed by atoms with Gasteiger partial charge in [0.2, 0.25) is 0 Å². The van der Waals surface area contributed by atoms with E-state index in [2.05, 4.69) is 24.4 Å². The van der Waals surface area contributed by atoms with Crippen molar-refractivity contribution >= 4 is 11.0 Å². The van der Waals surface area contributed by atoms with E-state index >= 15 is 0 Å². The van der Waals surface area contributed by atoms with Crippen molar-refractivity contribution in [2.45, 2.75) is 44.2 Å². The van der Waals surface area contributed by atoms with Gasteiger partial charge in [0.25, 0.3) is 0 Å². The molecule has 2 aromatic rings. The lowest BCUT2D eigenvalue weighted by Crippen LogP contribution is -2.43. The molecule has 1 aromatic carbocycles. The van der Waals surface area contributed by atoms with Gasteiger partial charge in [-0.2, -0.15) is 0 Å². The van der Waals surface area contributed by atoms with E-state index in [4.69, 9.17) is 9.15 Å². The van der Waals surface area contributed by atoms with Crippen molar-refractivity contribution < 1.29 is 9.15 Å². The topological polar surface area (TPSA) is 34.4 Å². The van der Waals surface area contributed by atoms with E-state index < -0.39 is 0 Å². The van der Waals surface area contributed by atoms with Crippen molar-refractivity contribution in [3.63, 3.8) is 0 Å². The van der Waals surface area contributed by atoms with Crippen molar-refractivity contribution in [3.05, 3.63) is 36.1 Å². The number of furan rings is 1. The fourth-order valence-corrected chi connectivity index (χ4v) is 3.48. The monoisotopic (exact) mass is 273 g/mol. The zero-order valence-electron chi connectivity index (χ0n) is 12.3. The summed E-state index contributed by atoms with van der Waals surface area (Å²) in [5, 5.41) is 4.74. The van der Waals surface area contributed by atoms with Crippen LogP contribution in [0.25, 0.3) is 11.0 Å². The highest BCUT2D eigenvalue weighted by Crippen LogP contribution is 2.43. The first kappa shape index (κ1) is 13.7. The third-order valence-electron chi connectivity index (χ3n) is 4.52. The second kappa shape index (κ2) is 5.58. The number of fused-ring (bicyclic) bond motifs is 1. The molecule has 0 spiro atoms. The maximum Gasteiger partial charge on any atom is 0.134 e. The van der Waals surface area contributed by atoms with E-state index in [9.17, 15) is 0 Å². The van der Waals surface area contributed by atoms with E-state index in [0.717, 1.165) is 36.1 Å². The van der Waals surface area contributed by atoms with Crippen molar-refractivity contribution in [3.8, 4) is 0 Å². The van der Waals surface area contributed by atoms with Gasteiger partial charge in [-0.1, -0.05) is 38.0 Å². The standard InChI is InChI=1S/C17H23NO2/c1-3-18-16(17(19-2)10-6-7-11-17)15-12-13-8-4-5-9-14(13)20-15/h4-5,8-9,12,16,18H,3,6-7,10-11H2,1-2H3. The Kier molecular flexibility index (Phi) is 3.81. The highest BCUT2D eigenvalue weighted by atomic mass is 16.5. The van der Waals surface area contributed by atoms with Crippen LogP contribution in [0.1, 0.15) is 44.4 Å². The van der Waals surface area contributed by atoms with Gasteiger partial charge in [0.15, 0.2) is 0 Å². The van der Waals surface area contributed by atoms with Crippen LogP contribution in [0.3, 0.4) is 0 Å². The zero-order valence-corrected chi connectivity index (χ0v) is 12.3. The predicted octanol–water partition coefficient (Wildman–Crippen LogP) is 4.04. The lowest BCUT2D eigenvalue weighted by atomic mass is 9.90. The maximum absolute atomic E-state index is 6.08. The summed E-state index contributed by atoms with van der Waals surface area (Å²) < 4.78 is 12.0. The molecule has 1 unspecified atom stereocenters. The van der Waals surface area contributed by atoms with Gasteiger partial charge in [-0.25, -0.2) is 0 Å². The van der Waals surface area contributed by atoms with Crippen LogP contribution >= 0.6 is 0 Å². The van der Waals surface area contributed by atoms with Crippen LogP contribution in [-0.4, -0.2) is 19.3 Å². The SMILES string of the molecule is CCNC(c1cc2ccccc2o1)C1(OC)CCCC1. The summed E-state index contributed by atoms with van der Waals surface area (Å²) in [7, 11) is 1.83. The molecule has 108 valence electrons. The van der Waals surface area contributed by atoms with E-state index in [0.29, 0.717) is 0 Å². The molecule has 1 aliphatic carbocycles. The van der Waals surface area contributed by atoms with E-state index in [1.807, 2.05) is 25.3 Å². The highest BCUT2D eigenvalue weighted by Gasteiger charge is 2.43. The minimum absolute atomic E-state index is 0.121. The van der Waals surface area contributed by atoms with Crippen LogP contribution in [0.2, 0.25) is 0 Å². The molecule has 1 aromatic heterocycles. The minimum Gasteiger partial charge on any atom is -0.459 e. The third kappa shape index (κ3) is 2.25. The van der Waals surface area contributed by atoms with E-state index in [1.54, 1.807) is 0 Å². The predicted molar refractivity (Wildman–Crippen MR) is 80.8 cm³/mol. The Morgan fingerprint density at radius 3 is 2.70 bits per heavy atom. The van der Waals surface area contributed by atoms with Gasteiger partial charge in [-0.15, -0.1) is 0 Å². The Balaban J connectivity index is 2.00. The number of benzene rings is 1. The second-order valence-corrected chi connectivity index (χ2v) is 5.65. The van der Waals surface area contributed by atoms with Crippen molar-refractivity contribution in [1.29, 1.82) is 0 Å². The first-order valence-electron chi connectivity index (χ1n) is 7.56. The van der Waals surface area contributed by atoms with E-state index in [-0.39, 0.29) is 11.6 Å². The molecule has 3 nitrogen and oxygen atoms in total. The normalized spacial score (nSPS) is 19.5. The highest BCUT2D eigenvalue weighted by molar-refractivity contribution is 5.77. The van der Waals surface area contributed by atoms with Gasteiger partial charge in [-0.3, -0.25) is 0 Å². The van der Waals surface area contributed by atoms with Gasteiger partial charge in [0.1, 0.15) is 11.3 Å². The maximum atomic E-state index is 6.08. The summed E-state index contributed by atoms with van der Waals surface area (Å²) in [4.78, 5) is 0. The van der Waals surface area contributed by atoms with Crippen LogP contribution in [0, 0.1) is 0 Å². The Bertz CT molecular complexity index is 536. The molecule has 1 N–H and O–H groups in total. The van der Waals surface area contributed by atoms with Crippen LogP contribution in [0.4, 0.5) is 0 Å². The number of likely N-dealkylation sites (N-methyl/N-ethyl adjacent to an activating group) is 1. The summed E-state index contributed by atoms with van der Waals surface area (Å²) in [5.41, 5.74) is 0.832. The smallest absolute Gasteiger partial charge is 0.134 e. The van der Waals surface area contributed by atoms with Gasteiger partial charge in [0.05, 0.1) is 11.6 Å². The molecular weight excluding hydrogens is 250 g/mol. The van der Waals surface area contributed by atoms with Crippen molar-refractivity contribution in [2.75, 3.05) is 13.7 Å². The Labute approximate surface area is 120 Å². The number of ether oxygens (including phenoxy) is 1. The largest absolute Gasteiger partial charge is 0.459 e. The molecule has 1 saturated carbocycles. The molecule has 0 saturated heterocycles. The summed E-state index contributed by atoms with van der Waals surface area (Å²) in [5.74, 6) is 0.997. The zero-order chi connectivity index (χ0) is 14.0. The second-order valence-electron chi connectivity index (χ2n) is 5.65. The number of methoxy groups -OCH3 is 1. The molecule has 20 heavy (non-hydrogen) atoms. The molecule has 1 aliphatic rings. The average molecular weight is 273 g/mol.